The molecular formula is C14H23N3O3S. The van der Waals surface area contributed by atoms with Gasteiger partial charge in [-0.3, -0.25) is 4.72 Å². The lowest BCUT2D eigenvalue weighted by Crippen LogP contribution is -2.36. The molecule has 0 aliphatic carbocycles. The fraction of sp³-hybridized carbons (Fsp3) is 0.571. The van der Waals surface area contributed by atoms with Gasteiger partial charge in [0, 0.05) is 25.7 Å². The lowest BCUT2D eigenvalue weighted by molar-refractivity contribution is 0.328. The summed E-state index contributed by atoms with van der Waals surface area (Å²) in [7, 11) is -3.49. The van der Waals surface area contributed by atoms with E-state index in [1.54, 1.807) is 24.3 Å². The van der Waals surface area contributed by atoms with E-state index in [4.69, 9.17) is 10.5 Å². The van der Waals surface area contributed by atoms with Crippen LogP contribution in [-0.4, -0.2) is 39.0 Å². The first-order valence-electron chi connectivity index (χ1n) is 7.32. The molecule has 0 amide bonds. The van der Waals surface area contributed by atoms with E-state index in [2.05, 4.69) is 4.72 Å². The molecule has 118 valence electrons. The second-order valence-electron chi connectivity index (χ2n) is 5.09. The number of hydrogen-bond donors (Lipinski definition) is 2. The van der Waals surface area contributed by atoms with Gasteiger partial charge in [0.15, 0.2) is 0 Å². The summed E-state index contributed by atoms with van der Waals surface area (Å²) in [6, 6.07) is 6.92. The molecule has 2 rings (SSSR count). The van der Waals surface area contributed by atoms with Crippen molar-refractivity contribution in [2.45, 2.75) is 25.7 Å². The number of benzene rings is 1. The van der Waals surface area contributed by atoms with Crippen LogP contribution in [0.5, 0.6) is 5.75 Å². The number of anilines is 1. The van der Waals surface area contributed by atoms with Gasteiger partial charge in [-0.05, 0) is 25.0 Å². The van der Waals surface area contributed by atoms with Crippen LogP contribution in [0.2, 0.25) is 0 Å². The minimum absolute atomic E-state index is 0.405. The summed E-state index contributed by atoms with van der Waals surface area (Å²) in [6.07, 6.45) is 4.02. The van der Waals surface area contributed by atoms with Crippen LogP contribution in [0.4, 0.5) is 5.69 Å². The first kappa shape index (κ1) is 16.1. The molecular weight excluding hydrogens is 290 g/mol. The van der Waals surface area contributed by atoms with Crippen molar-refractivity contribution in [2.24, 2.45) is 5.73 Å². The topological polar surface area (TPSA) is 84.7 Å². The quantitative estimate of drug-likeness (QED) is 0.834. The molecule has 0 spiro atoms. The molecule has 1 saturated heterocycles. The molecule has 0 atom stereocenters. The van der Waals surface area contributed by atoms with Gasteiger partial charge < -0.3 is 10.5 Å². The monoisotopic (exact) mass is 313 g/mol. The van der Waals surface area contributed by atoms with Crippen molar-refractivity contribution in [3.05, 3.63) is 24.3 Å². The fourth-order valence-electron chi connectivity index (χ4n) is 2.32. The largest absolute Gasteiger partial charge is 0.492 e. The summed E-state index contributed by atoms with van der Waals surface area (Å²) in [5.74, 6) is 0.608. The van der Waals surface area contributed by atoms with Crippen LogP contribution >= 0.6 is 0 Å². The normalized spacial score (nSPS) is 17.2. The van der Waals surface area contributed by atoms with Crippen molar-refractivity contribution in [3.8, 4) is 5.75 Å². The molecule has 0 aromatic heterocycles. The number of nitrogens with zero attached hydrogens (tertiary/aromatic N) is 1. The molecule has 0 saturated carbocycles. The van der Waals surface area contributed by atoms with Gasteiger partial charge in [-0.25, -0.2) is 0 Å². The smallest absolute Gasteiger partial charge is 0.301 e. The summed E-state index contributed by atoms with van der Waals surface area (Å²) < 4.78 is 34.3. The third kappa shape index (κ3) is 4.87. The number of nitrogens with two attached hydrogens (primary N) is 1. The van der Waals surface area contributed by atoms with Crippen LogP contribution in [0.3, 0.4) is 0 Å². The highest BCUT2D eigenvalue weighted by molar-refractivity contribution is 7.90. The number of hydrogen-bond acceptors (Lipinski definition) is 4. The third-order valence-corrected chi connectivity index (χ3v) is 4.91. The van der Waals surface area contributed by atoms with Crippen LogP contribution in [0.1, 0.15) is 25.7 Å². The van der Waals surface area contributed by atoms with Crippen molar-refractivity contribution in [1.82, 2.24) is 4.31 Å². The van der Waals surface area contributed by atoms with E-state index in [1.165, 1.54) is 4.31 Å². The molecule has 1 aliphatic heterocycles. The minimum Gasteiger partial charge on any atom is -0.492 e. The van der Waals surface area contributed by atoms with Crippen molar-refractivity contribution in [2.75, 3.05) is 31.0 Å². The van der Waals surface area contributed by atoms with E-state index in [9.17, 15) is 8.42 Å². The highest BCUT2D eigenvalue weighted by atomic mass is 32.2. The van der Waals surface area contributed by atoms with Crippen LogP contribution in [0.15, 0.2) is 24.3 Å². The van der Waals surface area contributed by atoms with Crippen LogP contribution < -0.4 is 15.2 Å². The van der Waals surface area contributed by atoms with Gasteiger partial charge in [0.1, 0.15) is 12.4 Å². The minimum atomic E-state index is -3.49. The number of ether oxygens (including phenoxy) is 1. The van der Waals surface area contributed by atoms with Gasteiger partial charge in [-0.15, -0.1) is 0 Å². The van der Waals surface area contributed by atoms with Gasteiger partial charge in [0.05, 0.1) is 5.69 Å². The molecule has 1 aromatic carbocycles. The van der Waals surface area contributed by atoms with Gasteiger partial charge in [0.25, 0.3) is 0 Å². The van der Waals surface area contributed by atoms with Crippen molar-refractivity contribution >= 4 is 15.9 Å². The Hall–Kier alpha value is -1.31. The summed E-state index contributed by atoms with van der Waals surface area (Å²) in [5.41, 5.74) is 5.89. The Labute approximate surface area is 126 Å². The Morgan fingerprint density at radius 1 is 1.19 bits per heavy atom. The van der Waals surface area contributed by atoms with Gasteiger partial charge in [0.2, 0.25) is 0 Å². The molecule has 1 aliphatic rings. The average Bonchev–Trinajstić information content (AvgIpc) is 2.74. The lowest BCUT2D eigenvalue weighted by Gasteiger charge is -2.21. The zero-order valence-corrected chi connectivity index (χ0v) is 12.9. The zero-order chi connectivity index (χ0) is 15.1. The molecule has 0 radical (unpaired) electrons. The third-order valence-electron chi connectivity index (χ3n) is 3.37. The van der Waals surface area contributed by atoms with Crippen LogP contribution in [0.25, 0.3) is 0 Å². The van der Waals surface area contributed by atoms with E-state index < -0.39 is 10.2 Å². The summed E-state index contributed by atoms with van der Waals surface area (Å²) in [5, 5.41) is 0. The SMILES string of the molecule is NCCOc1cccc(NS(=O)(=O)N2CCCCCC2)c1. The number of rotatable bonds is 6. The maximum atomic E-state index is 12.4. The zero-order valence-electron chi connectivity index (χ0n) is 12.1. The predicted molar refractivity (Wildman–Crippen MR) is 83.6 cm³/mol. The van der Waals surface area contributed by atoms with Crippen LogP contribution in [-0.2, 0) is 10.2 Å². The second kappa shape index (κ2) is 7.63. The average molecular weight is 313 g/mol. The fourth-order valence-corrected chi connectivity index (χ4v) is 3.61. The first-order chi connectivity index (χ1) is 10.1. The standard InChI is InChI=1S/C14H23N3O3S/c15-8-11-20-14-7-5-6-13(12-14)16-21(18,19)17-9-3-1-2-4-10-17/h5-7,12,16H,1-4,8-11,15H2. The number of nitrogens with one attached hydrogen (secondary N) is 1. The van der Waals surface area contributed by atoms with E-state index in [1.807, 2.05) is 0 Å². The molecule has 0 unspecified atom stereocenters. The Bertz CT molecular complexity index is 540. The Morgan fingerprint density at radius 2 is 1.90 bits per heavy atom. The van der Waals surface area contributed by atoms with Gasteiger partial charge >= 0.3 is 10.2 Å². The maximum absolute atomic E-state index is 12.4. The molecule has 1 heterocycles. The van der Waals surface area contributed by atoms with Crippen molar-refractivity contribution in [3.63, 3.8) is 0 Å². The molecule has 21 heavy (non-hydrogen) atoms. The highest BCUT2D eigenvalue weighted by Crippen LogP contribution is 2.20. The Morgan fingerprint density at radius 3 is 2.57 bits per heavy atom. The summed E-state index contributed by atoms with van der Waals surface area (Å²) >= 11 is 0. The highest BCUT2D eigenvalue weighted by Gasteiger charge is 2.22. The van der Waals surface area contributed by atoms with E-state index >= 15 is 0 Å². The molecule has 1 fully saturated rings. The summed E-state index contributed by atoms with van der Waals surface area (Å²) in [6.45, 7) is 1.99. The molecule has 3 N–H and O–H groups in total. The molecule has 0 bridgehead atoms. The molecule has 6 nitrogen and oxygen atoms in total. The summed E-state index contributed by atoms with van der Waals surface area (Å²) in [4.78, 5) is 0. The van der Waals surface area contributed by atoms with Gasteiger partial charge in [-0.2, -0.15) is 12.7 Å². The second-order valence-corrected chi connectivity index (χ2v) is 6.76. The predicted octanol–water partition coefficient (Wildman–Crippen LogP) is 1.56. The maximum Gasteiger partial charge on any atom is 0.301 e. The molecule has 7 heteroatoms. The molecule has 1 aromatic rings. The first-order valence-corrected chi connectivity index (χ1v) is 8.76. The van der Waals surface area contributed by atoms with E-state index in [-0.39, 0.29) is 0 Å². The van der Waals surface area contributed by atoms with Crippen LogP contribution in [0, 0.1) is 0 Å². The Balaban J connectivity index is 2.05. The van der Waals surface area contributed by atoms with E-state index in [0.29, 0.717) is 37.7 Å². The van der Waals surface area contributed by atoms with Gasteiger partial charge in [-0.1, -0.05) is 18.9 Å². The van der Waals surface area contributed by atoms with Crippen molar-refractivity contribution in [1.29, 1.82) is 0 Å². The van der Waals surface area contributed by atoms with Crippen molar-refractivity contribution < 1.29 is 13.2 Å². The van der Waals surface area contributed by atoms with E-state index in [0.717, 1.165) is 25.7 Å². The Kier molecular flexibility index (Phi) is 5.84. The lowest BCUT2D eigenvalue weighted by atomic mass is 10.2.